The number of pyridine rings is 2. The molecule has 0 aliphatic heterocycles. The molecule has 0 aromatic carbocycles. The van der Waals surface area contributed by atoms with Crippen molar-refractivity contribution in [3.05, 3.63) is 43.0 Å². The average Bonchev–Trinajstić information content (AvgIpc) is 3.22. The molecule has 1 saturated carbocycles. The van der Waals surface area contributed by atoms with E-state index in [1.807, 2.05) is 30.6 Å². The van der Waals surface area contributed by atoms with Crippen molar-refractivity contribution in [2.24, 2.45) is 5.92 Å². The van der Waals surface area contributed by atoms with Gasteiger partial charge in [0.1, 0.15) is 5.75 Å². The lowest BCUT2D eigenvalue weighted by Gasteiger charge is -2.25. The van der Waals surface area contributed by atoms with Crippen LogP contribution in [0.4, 0.5) is 19.1 Å². The number of carboxylic acids is 1. The van der Waals surface area contributed by atoms with E-state index in [1.165, 1.54) is 19.3 Å². The van der Waals surface area contributed by atoms with E-state index in [1.54, 1.807) is 19.5 Å². The van der Waals surface area contributed by atoms with Gasteiger partial charge in [0.15, 0.2) is 0 Å². The molecule has 1 aliphatic carbocycles. The van der Waals surface area contributed by atoms with Crippen LogP contribution in [-0.2, 0) is 4.79 Å². The fourth-order valence-electron chi connectivity index (χ4n) is 2.92. The van der Waals surface area contributed by atoms with Gasteiger partial charge in [-0.2, -0.15) is 13.2 Å². The van der Waals surface area contributed by atoms with Gasteiger partial charge in [0.25, 0.3) is 0 Å². The zero-order chi connectivity index (χ0) is 23.1. The van der Waals surface area contributed by atoms with Crippen LogP contribution >= 0.6 is 0 Å². The van der Waals surface area contributed by atoms with E-state index in [0.717, 1.165) is 46.7 Å². The van der Waals surface area contributed by atoms with Crippen molar-refractivity contribution < 1.29 is 27.8 Å². The number of methoxy groups -OCH3 is 1. The van der Waals surface area contributed by atoms with Crippen LogP contribution in [0.3, 0.4) is 0 Å². The number of hydrogen-bond acceptors (Lipinski definition) is 6. The Morgan fingerprint density at radius 3 is 2.59 bits per heavy atom. The number of nitrogens with one attached hydrogen (secondary N) is 2. The highest BCUT2D eigenvalue weighted by Gasteiger charge is 2.38. The Kier molecular flexibility index (Phi) is 7.29. The molecule has 8 nitrogen and oxygen atoms in total. The Balaban J connectivity index is 0.000000360. The molecule has 3 aromatic rings. The topological polar surface area (TPSA) is 113 Å². The Morgan fingerprint density at radius 1 is 1.22 bits per heavy atom. The van der Waals surface area contributed by atoms with Gasteiger partial charge in [-0.1, -0.05) is 6.42 Å². The molecule has 32 heavy (non-hydrogen) atoms. The van der Waals surface area contributed by atoms with Gasteiger partial charge < -0.3 is 20.1 Å². The molecule has 0 atom stereocenters. The van der Waals surface area contributed by atoms with Gasteiger partial charge in [-0.3, -0.25) is 9.97 Å². The number of nitrogens with zero attached hydrogens (tertiary/aromatic N) is 3. The maximum absolute atomic E-state index is 10.6. The van der Waals surface area contributed by atoms with Gasteiger partial charge in [0.2, 0.25) is 5.95 Å². The molecule has 0 radical (unpaired) electrons. The molecule has 0 amide bonds. The Labute approximate surface area is 181 Å². The monoisotopic (exact) mass is 449 g/mol. The second kappa shape index (κ2) is 10.1. The lowest BCUT2D eigenvalue weighted by atomic mass is 9.85. The van der Waals surface area contributed by atoms with E-state index < -0.39 is 12.1 Å². The molecule has 4 rings (SSSR count). The smallest absolute Gasteiger partial charge is 0.490 e. The Morgan fingerprint density at radius 2 is 1.97 bits per heavy atom. The number of aromatic amines is 1. The quantitative estimate of drug-likeness (QED) is 0.512. The van der Waals surface area contributed by atoms with Gasteiger partial charge >= 0.3 is 12.1 Å². The second-order valence-corrected chi connectivity index (χ2v) is 7.17. The van der Waals surface area contributed by atoms with Crippen molar-refractivity contribution >= 4 is 11.9 Å². The molecule has 0 bridgehead atoms. The van der Waals surface area contributed by atoms with E-state index in [2.05, 4.69) is 25.3 Å². The van der Waals surface area contributed by atoms with E-state index in [9.17, 15) is 13.2 Å². The first-order valence-electron chi connectivity index (χ1n) is 9.81. The van der Waals surface area contributed by atoms with Gasteiger partial charge in [0.05, 0.1) is 30.9 Å². The molecule has 0 spiro atoms. The number of imidazole rings is 1. The number of anilines is 1. The highest BCUT2D eigenvalue weighted by molar-refractivity contribution is 5.73. The zero-order valence-corrected chi connectivity index (χ0v) is 17.2. The summed E-state index contributed by atoms with van der Waals surface area (Å²) in [6.07, 6.45) is 6.04. The number of aliphatic carboxylic acids is 1. The number of hydrogen-bond donors (Lipinski definition) is 3. The van der Waals surface area contributed by atoms with Crippen molar-refractivity contribution in [3.8, 4) is 28.3 Å². The molecule has 0 saturated heterocycles. The van der Waals surface area contributed by atoms with Crippen LogP contribution in [0, 0.1) is 5.92 Å². The van der Waals surface area contributed by atoms with Crippen molar-refractivity contribution in [1.29, 1.82) is 0 Å². The molecule has 0 unspecified atom stereocenters. The minimum Gasteiger partial charge on any atom is -0.495 e. The Hall–Kier alpha value is -3.63. The van der Waals surface area contributed by atoms with Crippen molar-refractivity contribution in [3.63, 3.8) is 0 Å². The first-order chi connectivity index (χ1) is 15.3. The largest absolute Gasteiger partial charge is 0.495 e. The maximum atomic E-state index is 10.6. The summed E-state index contributed by atoms with van der Waals surface area (Å²) >= 11 is 0. The van der Waals surface area contributed by atoms with Gasteiger partial charge in [0, 0.05) is 24.5 Å². The van der Waals surface area contributed by atoms with Gasteiger partial charge in [-0.15, -0.1) is 0 Å². The van der Waals surface area contributed by atoms with E-state index in [0.29, 0.717) is 0 Å². The van der Waals surface area contributed by atoms with Crippen LogP contribution in [0.15, 0.2) is 43.0 Å². The number of alkyl halides is 3. The number of H-pyrrole nitrogens is 1. The SMILES string of the molecule is COc1cncc(-c2ccnc(-c3cnc(NCC4CCC4)[nH]3)c2)c1.O=C(O)C(F)(F)F. The molecule has 3 N–H and O–H groups in total. The lowest BCUT2D eigenvalue weighted by molar-refractivity contribution is -0.192. The van der Waals surface area contributed by atoms with Crippen LogP contribution in [0.25, 0.3) is 22.5 Å². The molecule has 3 aromatic heterocycles. The summed E-state index contributed by atoms with van der Waals surface area (Å²) in [5, 5.41) is 10.5. The van der Waals surface area contributed by atoms with Crippen LogP contribution in [0.2, 0.25) is 0 Å². The van der Waals surface area contributed by atoms with Gasteiger partial charge in [-0.25, -0.2) is 9.78 Å². The number of ether oxygens (including phenoxy) is 1. The standard InChI is InChI=1S/C19H21N5O.C2HF3O2/c1-25-16-7-15(10-20-11-16)14-5-6-21-17(8-14)18-12-23-19(24-18)22-9-13-3-2-4-13;3-2(4,5)1(6)7/h5-8,10-13H,2-4,9H2,1H3,(H2,22,23,24);(H,6,7). The van der Waals surface area contributed by atoms with Crippen molar-refractivity contribution in [2.45, 2.75) is 25.4 Å². The zero-order valence-electron chi connectivity index (χ0n) is 17.2. The summed E-state index contributed by atoms with van der Waals surface area (Å²) in [6.45, 7) is 0.982. The van der Waals surface area contributed by atoms with Crippen LogP contribution in [0.5, 0.6) is 5.75 Å². The van der Waals surface area contributed by atoms with Crippen LogP contribution in [-0.4, -0.2) is 50.8 Å². The predicted octanol–water partition coefficient (Wildman–Crippen LogP) is 4.39. The molecule has 3 heterocycles. The van der Waals surface area contributed by atoms with Crippen molar-refractivity contribution in [1.82, 2.24) is 19.9 Å². The summed E-state index contributed by atoms with van der Waals surface area (Å²) in [4.78, 5) is 25.3. The third-order valence-electron chi connectivity index (χ3n) is 4.92. The first kappa shape index (κ1) is 23.0. The summed E-state index contributed by atoms with van der Waals surface area (Å²) < 4.78 is 37.0. The van der Waals surface area contributed by atoms with Crippen molar-refractivity contribution in [2.75, 3.05) is 19.0 Å². The average molecular weight is 449 g/mol. The second-order valence-electron chi connectivity index (χ2n) is 7.17. The predicted molar refractivity (Wildman–Crippen MR) is 111 cm³/mol. The van der Waals surface area contributed by atoms with E-state index in [4.69, 9.17) is 14.6 Å². The van der Waals surface area contributed by atoms with Gasteiger partial charge in [-0.05, 0) is 42.5 Å². The highest BCUT2D eigenvalue weighted by atomic mass is 19.4. The fraction of sp³-hybridized carbons (Fsp3) is 0.333. The first-order valence-corrected chi connectivity index (χ1v) is 9.81. The third kappa shape index (κ3) is 6.19. The molecule has 170 valence electrons. The third-order valence-corrected chi connectivity index (χ3v) is 4.92. The normalized spacial score (nSPS) is 13.5. The maximum Gasteiger partial charge on any atom is 0.490 e. The number of aromatic nitrogens is 4. The lowest BCUT2D eigenvalue weighted by Crippen LogP contribution is -2.21. The van der Waals surface area contributed by atoms with Crippen LogP contribution in [0.1, 0.15) is 19.3 Å². The number of rotatable bonds is 6. The summed E-state index contributed by atoms with van der Waals surface area (Å²) in [7, 11) is 1.64. The van der Waals surface area contributed by atoms with E-state index >= 15 is 0 Å². The minimum absolute atomic E-state index is 0.736. The molecular weight excluding hydrogens is 427 g/mol. The summed E-state index contributed by atoms with van der Waals surface area (Å²) in [5.41, 5.74) is 3.78. The summed E-state index contributed by atoms with van der Waals surface area (Å²) in [5.74, 6) is -0.430. The Bertz CT molecular complexity index is 1050. The number of halogens is 3. The molecule has 1 aliphatic rings. The number of carboxylic acid groups (broad SMARTS) is 1. The highest BCUT2D eigenvalue weighted by Crippen LogP contribution is 2.28. The van der Waals surface area contributed by atoms with Crippen LogP contribution < -0.4 is 10.1 Å². The summed E-state index contributed by atoms with van der Waals surface area (Å²) in [6, 6.07) is 5.95. The molecule has 11 heteroatoms. The minimum atomic E-state index is -5.08. The molecule has 1 fully saturated rings. The number of carbonyl (C=O) groups is 1. The fourth-order valence-corrected chi connectivity index (χ4v) is 2.92. The van der Waals surface area contributed by atoms with E-state index in [-0.39, 0.29) is 0 Å². The molecular formula is C21H22F3N5O3.